The zero-order valence-corrected chi connectivity index (χ0v) is 8.86. The van der Waals surface area contributed by atoms with Crippen molar-refractivity contribution in [3.8, 4) is 0 Å². The van der Waals surface area contributed by atoms with Gasteiger partial charge in [-0.25, -0.2) is 9.59 Å². The second-order valence-electron chi connectivity index (χ2n) is 2.19. The molecule has 0 aliphatic rings. The van der Waals surface area contributed by atoms with Crippen molar-refractivity contribution in [1.82, 2.24) is 0 Å². The van der Waals surface area contributed by atoms with Crippen LogP contribution in [-0.4, -0.2) is 63.4 Å². The van der Waals surface area contributed by atoms with Gasteiger partial charge >= 0.3 is 41.5 Å². The van der Waals surface area contributed by atoms with Crippen LogP contribution in [0.3, 0.4) is 0 Å². The molecule has 1 aromatic carbocycles. The molecule has 0 spiro atoms. The van der Waals surface area contributed by atoms with E-state index in [1.165, 1.54) is 18.2 Å². The van der Waals surface area contributed by atoms with Crippen LogP contribution in [0.1, 0.15) is 20.7 Å². The average Bonchev–Trinajstić information content (AvgIpc) is 2.21. The predicted octanol–water partition coefficient (Wildman–Crippen LogP) is 0.156. The summed E-state index contributed by atoms with van der Waals surface area (Å²) in [5, 5.41) is 17.0. The van der Waals surface area contributed by atoms with Crippen LogP contribution in [0.15, 0.2) is 24.3 Å². The summed E-state index contributed by atoms with van der Waals surface area (Å²) in [7, 11) is 0. The normalized spacial score (nSPS) is 7.38. The van der Waals surface area contributed by atoms with Crippen LogP contribution in [0.25, 0.3) is 0 Å². The van der Waals surface area contributed by atoms with E-state index < -0.39 is 11.9 Å². The minimum atomic E-state index is -1.13. The van der Waals surface area contributed by atoms with E-state index in [-0.39, 0.29) is 46.2 Å². The molecule has 86 valence electrons. The molecule has 0 aromatic heterocycles. The van der Waals surface area contributed by atoms with Crippen molar-refractivity contribution < 1.29 is 25.3 Å². The Labute approximate surface area is 120 Å². The molecule has 0 amide bonds. The van der Waals surface area contributed by atoms with E-state index in [1.807, 2.05) is 0 Å². The van der Waals surface area contributed by atoms with Gasteiger partial charge in [0.05, 0.1) is 11.1 Å². The molecule has 0 saturated carbocycles. The Bertz CT molecular complexity index is 313. The SMILES string of the molecule is CS.O.O=C(O)c1cccc(C(=O)O)c1.[NaH]. The van der Waals surface area contributed by atoms with Crippen LogP contribution in [0, 0.1) is 0 Å². The van der Waals surface area contributed by atoms with E-state index in [1.54, 1.807) is 6.26 Å². The first-order chi connectivity index (χ1) is 6.61. The Balaban J connectivity index is -0.000000399. The number of hydrogen-bond acceptors (Lipinski definition) is 3. The van der Waals surface area contributed by atoms with Gasteiger partial charge in [0.25, 0.3) is 0 Å². The number of carbonyl (C=O) groups is 2. The van der Waals surface area contributed by atoms with E-state index >= 15 is 0 Å². The monoisotopic (exact) mass is 256 g/mol. The summed E-state index contributed by atoms with van der Waals surface area (Å²) in [5.74, 6) is -2.25. The summed E-state index contributed by atoms with van der Waals surface area (Å²) >= 11 is 3.53. The van der Waals surface area contributed by atoms with E-state index in [9.17, 15) is 9.59 Å². The Morgan fingerprint density at radius 3 is 1.62 bits per heavy atom. The number of carboxylic acids is 2. The summed E-state index contributed by atoms with van der Waals surface area (Å²) in [5.41, 5.74) is -0.0372. The van der Waals surface area contributed by atoms with Gasteiger partial charge in [0.2, 0.25) is 0 Å². The number of aromatic carboxylic acids is 2. The molecule has 0 fully saturated rings. The predicted molar refractivity (Wildman–Crippen MR) is 66.0 cm³/mol. The van der Waals surface area contributed by atoms with Crippen molar-refractivity contribution in [3.63, 3.8) is 0 Å². The molecular formula is C9H13NaO5S. The Morgan fingerprint density at radius 1 is 1.06 bits per heavy atom. The van der Waals surface area contributed by atoms with Crippen molar-refractivity contribution in [2.45, 2.75) is 0 Å². The molecule has 0 aliphatic heterocycles. The van der Waals surface area contributed by atoms with Crippen LogP contribution in [0.5, 0.6) is 0 Å². The van der Waals surface area contributed by atoms with Gasteiger partial charge in [-0.2, -0.15) is 12.6 Å². The number of rotatable bonds is 2. The van der Waals surface area contributed by atoms with Gasteiger partial charge in [-0.15, -0.1) is 0 Å². The third kappa shape index (κ3) is 6.86. The van der Waals surface area contributed by atoms with Crippen molar-refractivity contribution in [2.24, 2.45) is 0 Å². The second kappa shape index (κ2) is 11.0. The van der Waals surface area contributed by atoms with Gasteiger partial charge in [-0.05, 0) is 24.5 Å². The topological polar surface area (TPSA) is 106 Å². The summed E-state index contributed by atoms with van der Waals surface area (Å²) in [4.78, 5) is 20.8. The van der Waals surface area contributed by atoms with Gasteiger partial charge in [0, 0.05) is 0 Å². The second-order valence-corrected chi connectivity index (χ2v) is 2.19. The van der Waals surface area contributed by atoms with E-state index in [2.05, 4.69) is 12.6 Å². The molecule has 1 rings (SSSR count). The van der Waals surface area contributed by atoms with Gasteiger partial charge < -0.3 is 15.7 Å². The molecule has 4 N–H and O–H groups in total. The molecule has 0 heterocycles. The Hall–Kier alpha value is -0.530. The maximum atomic E-state index is 10.4. The summed E-state index contributed by atoms with van der Waals surface area (Å²) < 4.78 is 0. The number of hydrogen-bond donors (Lipinski definition) is 3. The molecule has 0 radical (unpaired) electrons. The fourth-order valence-electron chi connectivity index (χ4n) is 0.785. The van der Waals surface area contributed by atoms with Crippen LogP contribution in [0.4, 0.5) is 0 Å². The van der Waals surface area contributed by atoms with Crippen LogP contribution in [0.2, 0.25) is 0 Å². The first-order valence-electron chi connectivity index (χ1n) is 3.62. The van der Waals surface area contributed by atoms with Crippen LogP contribution >= 0.6 is 12.6 Å². The minimum absolute atomic E-state index is 0. The molecule has 0 saturated heterocycles. The zero-order valence-electron chi connectivity index (χ0n) is 7.97. The van der Waals surface area contributed by atoms with E-state index in [4.69, 9.17) is 10.2 Å². The van der Waals surface area contributed by atoms with Crippen molar-refractivity contribution in [2.75, 3.05) is 6.26 Å². The number of carboxylic acid groups (broad SMARTS) is 2. The average molecular weight is 256 g/mol. The fraction of sp³-hybridized carbons (Fsp3) is 0.111. The number of benzene rings is 1. The fourth-order valence-corrected chi connectivity index (χ4v) is 0.785. The number of thiol groups is 1. The third-order valence-electron chi connectivity index (χ3n) is 1.36. The maximum absolute atomic E-state index is 10.4. The summed E-state index contributed by atoms with van der Waals surface area (Å²) in [6.45, 7) is 0. The van der Waals surface area contributed by atoms with Crippen molar-refractivity contribution in [3.05, 3.63) is 35.4 Å². The molecule has 1 aromatic rings. The first-order valence-corrected chi connectivity index (χ1v) is 4.52. The molecule has 0 atom stereocenters. The first kappa shape index (κ1) is 20.8. The Kier molecular flexibility index (Phi) is 14.3. The molecular weight excluding hydrogens is 243 g/mol. The van der Waals surface area contributed by atoms with Crippen molar-refractivity contribution in [1.29, 1.82) is 0 Å². The Morgan fingerprint density at radius 2 is 1.38 bits per heavy atom. The quantitative estimate of drug-likeness (QED) is 0.517. The molecule has 7 heteroatoms. The summed E-state index contributed by atoms with van der Waals surface area (Å²) in [6.07, 6.45) is 1.69. The van der Waals surface area contributed by atoms with Gasteiger partial charge in [0.1, 0.15) is 0 Å². The molecule has 0 unspecified atom stereocenters. The van der Waals surface area contributed by atoms with Crippen molar-refractivity contribution >= 4 is 54.1 Å². The van der Waals surface area contributed by atoms with E-state index in [0.717, 1.165) is 6.07 Å². The van der Waals surface area contributed by atoms with Crippen LogP contribution in [-0.2, 0) is 0 Å². The van der Waals surface area contributed by atoms with E-state index in [0.29, 0.717) is 0 Å². The standard InChI is InChI=1S/C8H6O4.CH4S.Na.H2O.H/c9-7(10)5-2-1-3-6(4-5)8(11)12;1-2;;;/h1-4H,(H,9,10)(H,11,12);2H,1H3;;1H2;. The van der Waals surface area contributed by atoms with Crippen LogP contribution < -0.4 is 0 Å². The van der Waals surface area contributed by atoms with Gasteiger partial charge in [-0.1, -0.05) is 6.07 Å². The van der Waals surface area contributed by atoms with Gasteiger partial charge in [-0.3, -0.25) is 0 Å². The molecule has 0 aliphatic carbocycles. The molecule has 5 nitrogen and oxygen atoms in total. The van der Waals surface area contributed by atoms with Gasteiger partial charge in [0.15, 0.2) is 0 Å². The summed E-state index contributed by atoms with van der Waals surface area (Å²) in [6, 6.07) is 5.20. The molecule has 0 bridgehead atoms. The third-order valence-corrected chi connectivity index (χ3v) is 1.36. The molecule has 16 heavy (non-hydrogen) atoms. The zero-order chi connectivity index (χ0) is 11.1.